The molecule has 1 unspecified atom stereocenters. The van der Waals surface area contributed by atoms with E-state index in [2.05, 4.69) is 15.4 Å². The van der Waals surface area contributed by atoms with E-state index in [4.69, 9.17) is 0 Å². The van der Waals surface area contributed by atoms with E-state index in [0.717, 1.165) is 10.2 Å². The van der Waals surface area contributed by atoms with Crippen LogP contribution in [-0.2, 0) is 11.2 Å². The molecular formula is C20H19FN4O2. The van der Waals surface area contributed by atoms with E-state index < -0.39 is 6.04 Å². The average Bonchev–Trinajstić information content (AvgIpc) is 2.69. The van der Waals surface area contributed by atoms with Crippen LogP contribution in [0.1, 0.15) is 18.5 Å². The SMILES string of the molecule is CC(C(=O)NCCc1ccncc1)n1nc(-c2ccc(F)cc2)ccc1=O. The highest BCUT2D eigenvalue weighted by Crippen LogP contribution is 2.16. The molecule has 2 heterocycles. The monoisotopic (exact) mass is 366 g/mol. The van der Waals surface area contributed by atoms with Crippen molar-refractivity contribution in [1.29, 1.82) is 0 Å². The number of hydrogen-bond donors (Lipinski definition) is 1. The molecule has 0 aliphatic carbocycles. The molecule has 7 heteroatoms. The molecule has 0 aliphatic rings. The second kappa shape index (κ2) is 8.35. The highest BCUT2D eigenvalue weighted by atomic mass is 19.1. The van der Waals surface area contributed by atoms with Crippen molar-refractivity contribution in [2.75, 3.05) is 6.54 Å². The third-order valence-corrected chi connectivity index (χ3v) is 4.17. The predicted octanol–water partition coefficient (Wildman–Crippen LogP) is 2.36. The maximum absolute atomic E-state index is 13.1. The van der Waals surface area contributed by atoms with Gasteiger partial charge in [-0.05, 0) is 61.4 Å². The molecule has 3 aromatic rings. The van der Waals surface area contributed by atoms with Crippen LogP contribution in [0.5, 0.6) is 0 Å². The molecule has 0 bridgehead atoms. The Labute approximate surface area is 155 Å². The minimum Gasteiger partial charge on any atom is -0.354 e. The number of aromatic nitrogens is 3. The first kappa shape index (κ1) is 18.4. The van der Waals surface area contributed by atoms with Gasteiger partial charge in [0.2, 0.25) is 5.91 Å². The smallest absolute Gasteiger partial charge is 0.267 e. The average molecular weight is 366 g/mol. The van der Waals surface area contributed by atoms with E-state index in [-0.39, 0.29) is 17.3 Å². The number of nitrogens with one attached hydrogen (secondary N) is 1. The van der Waals surface area contributed by atoms with E-state index in [1.165, 1.54) is 18.2 Å². The summed E-state index contributed by atoms with van der Waals surface area (Å²) in [5, 5.41) is 7.09. The third-order valence-electron chi connectivity index (χ3n) is 4.17. The molecule has 1 N–H and O–H groups in total. The van der Waals surface area contributed by atoms with E-state index in [1.807, 2.05) is 12.1 Å². The molecule has 2 aromatic heterocycles. The molecule has 0 fully saturated rings. The molecule has 0 aliphatic heterocycles. The van der Waals surface area contributed by atoms with Crippen molar-refractivity contribution >= 4 is 5.91 Å². The summed E-state index contributed by atoms with van der Waals surface area (Å²) in [5.41, 5.74) is 1.84. The Bertz CT molecular complexity index is 971. The first-order valence-electron chi connectivity index (χ1n) is 8.57. The Morgan fingerprint density at radius 1 is 1.11 bits per heavy atom. The van der Waals surface area contributed by atoms with Crippen LogP contribution in [0.15, 0.2) is 65.7 Å². The fraction of sp³-hybridized carbons (Fsp3) is 0.200. The second-order valence-corrected chi connectivity index (χ2v) is 6.08. The van der Waals surface area contributed by atoms with E-state index in [9.17, 15) is 14.0 Å². The summed E-state index contributed by atoms with van der Waals surface area (Å²) < 4.78 is 14.2. The number of benzene rings is 1. The fourth-order valence-corrected chi connectivity index (χ4v) is 2.62. The van der Waals surface area contributed by atoms with Crippen molar-refractivity contribution in [2.45, 2.75) is 19.4 Å². The van der Waals surface area contributed by atoms with Crippen LogP contribution >= 0.6 is 0 Å². The number of carbonyl (C=O) groups is 1. The summed E-state index contributed by atoms with van der Waals surface area (Å²) in [6, 6.07) is 11.7. The number of nitrogens with zero attached hydrogens (tertiary/aromatic N) is 3. The van der Waals surface area contributed by atoms with Gasteiger partial charge in [-0.25, -0.2) is 9.07 Å². The first-order valence-corrected chi connectivity index (χ1v) is 8.57. The molecule has 1 amide bonds. The zero-order valence-corrected chi connectivity index (χ0v) is 14.8. The Morgan fingerprint density at radius 2 is 1.81 bits per heavy atom. The lowest BCUT2D eigenvalue weighted by Crippen LogP contribution is -2.37. The van der Waals surface area contributed by atoms with Gasteiger partial charge in [0, 0.05) is 30.6 Å². The molecule has 0 saturated carbocycles. The molecule has 3 rings (SSSR count). The van der Waals surface area contributed by atoms with Crippen LogP contribution in [0, 0.1) is 5.82 Å². The summed E-state index contributed by atoms with van der Waals surface area (Å²) in [6.07, 6.45) is 4.06. The topological polar surface area (TPSA) is 76.9 Å². The second-order valence-electron chi connectivity index (χ2n) is 6.08. The third kappa shape index (κ3) is 4.63. The molecular weight excluding hydrogens is 347 g/mol. The summed E-state index contributed by atoms with van der Waals surface area (Å²) in [7, 11) is 0. The lowest BCUT2D eigenvalue weighted by Gasteiger charge is -2.15. The van der Waals surface area contributed by atoms with Crippen molar-refractivity contribution < 1.29 is 9.18 Å². The highest BCUT2D eigenvalue weighted by Gasteiger charge is 2.17. The number of hydrogen-bond acceptors (Lipinski definition) is 4. The predicted molar refractivity (Wildman–Crippen MR) is 99.6 cm³/mol. The summed E-state index contributed by atoms with van der Waals surface area (Å²) in [6.45, 7) is 2.06. The van der Waals surface area contributed by atoms with Crippen LogP contribution in [0.25, 0.3) is 11.3 Å². The van der Waals surface area contributed by atoms with Crippen molar-refractivity contribution in [2.24, 2.45) is 0 Å². The molecule has 27 heavy (non-hydrogen) atoms. The molecule has 6 nitrogen and oxygen atoms in total. The number of amides is 1. The van der Waals surface area contributed by atoms with Crippen molar-refractivity contribution in [3.8, 4) is 11.3 Å². The van der Waals surface area contributed by atoms with Gasteiger partial charge in [-0.15, -0.1) is 0 Å². The van der Waals surface area contributed by atoms with Gasteiger partial charge in [-0.3, -0.25) is 14.6 Å². The summed E-state index contributed by atoms with van der Waals surface area (Å²) in [5.74, 6) is -0.649. The van der Waals surface area contributed by atoms with Gasteiger partial charge < -0.3 is 5.32 Å². The standard InChI is InChI=1S/C20H19FN4O2/c1-14(20(27)23-13-10-15-8-11-22-12-9-15)25-19(26)7-6-18(24-25)16-2-4-17(21)5-3-16/h2-9,11-12,14H,10,13H2,1H3,(H,23,27). The van der Waals surface area contributed by atoms with E-state index in [0.29, 0.717) is 24.2 Å². The Kier molecular flexibility index (Phi) is 5.71. The summed E-state index contributed by atoms with van der Waals surface area (Å²) in [4.78, 5) is 28.5. The zero-order chi connectivity index (χ0) is 19.2. The highest BCUT2D eigenvalue weighted by molar-refractivity contribution is 5.79. The molecule has 0 spiro atoms. The number of rotatable bonds is 6. The van der Waals surface area contributed by atoms with Crippen LogP contribution in [0.4, 0.5) is 4.39 Å². The fourth-order valence-electron chi connectivity index (χ4n) is 2.62. The maximum Gasteiger partial charge on any atom is 0.267 e. The number of pyridine rings is 1. The normalized spacial score (nSPS) is 11.8. The zero-order valence-electron chi connectivity index (χ0n) is 14.8. The van der Waals surface area contributed by atoms with Gasteiger partial charge in [0.05, 0.1) is 5.69 Å². The van der Waals surface area contributed by atoms with Gasteiger partial charge in [0.15, 0.2) is 0 Å². The Morgan fingerprint density at radius 3 is 2.52 bits per heavy atom. The van der Waals surface area contributed by atoms with Gasteiger partial charge in [0.1, 0.15) is 11.9 Å². The first-order chi connectivity index (χ1) is 13.0. The van der Waals surface area contributed by atoms with E-state index in [1.54, 1.807) is 37.5 Å². The van der Waals surface area contributed by atoms with Gasteiger partial charge in [-0.2, -0.15) is 5.10 Å². The Balaban J connectivity index is 1.70. The largest absolute Gasteiger partial charge is 0.354 e. The maximum atomic E-state index is 13.1. The number of halogens is 1. The van der Waals surface area contributed by atoms with Gasteiger partial charge in [-0.1, -0.05) is 0 Å². The molecule has 0 radical (unpaired) electrons. The summed E-state index contributed by atoms with van der Waals surface area (Å²) >= 11 is 0. The van der Waals surface area contributed by atoms with Crippen molar-refractivity contribution in [1.82, 2.24) is 20.1 Å². The molecule has 0 saturated heterocycles. The van der Waals surface area contributed by atoms with Crippen LogP contribution in [0.2, 0.25) is 0 Å². The van der Waals surface area contributed by atoms with Crippen LogP contribution < -0.4 is 10.9 Å². The molecule has 1 atom stereocenters. The quantitative estimate of drug-likeness (QED) is 0.727. The van der Waals surface area contributed by atoms with Crippen LogP contribution in [0.3, 0.4) is 0 Å². The number of carbonyl (C=O) groups excluding carboxylic acids is 1. The lowest BCUT2D eigenvalue weighted by molar-refractivity contribution is -0.124. The Hall–Kier alpha value is -3.35. The van der Waals surface area contributed by atoms with Crippen molar-refractivity contribution in [3.05, 3.63) is 82.7 Å². The molecule has 1 aromatic carbocycles. The van der Waals surface area contributed by atoms with E-state index >= 15 is 0 Å². The minimum atomic E-state index is -0.768. The lowest BCUT2D eigenvalue weighted by atomic mass is 10.1. The van der Waals surface area contributed by atoms with Gasteiger partial charge >= 0.3 is 0 Å². The minimum absolute atomic E-state index is 0.296. The van der Waals surface area contributed by atoms with Crippen LogP contribution in [-0.4, -0.2) is 27.2 Å². The van der Waals surface area contributed by atoms with Crippen molar-refractivity contribution in [3.63, 3.8) is 0 Å². The van der Waals surface area contributed by atoms with Gasteiger partial charge in [0.25, 0.3) is 5.56 Å². The molecule has 138 valence electrons.